The lowest BCUT2D eigenvalue weighted by atomic mass is 10.2. The van der Waals surface area contributed by atoms with E-state index in [1.54, 1.807) is 25.1 Å². The SMILES string of the molecule is CC[C@H](C)NC(=O)C(=O)N/N=C\c1cc(Br)ccc1OCC(=O)Nc1ccc(C)cc1. The number of carbonyl (C=O) groups is 3. The third-order valence-electron chi connectivity index (χ3n) is 4.23. The molecule has 0 saturated carbocycles. The number of carbonyl (C=O) groups excluding carboxylic acids is 3. The number of hydrazone groups is 1. The molecule has 2 aromatic rings. The van der Waals surface area contributed by atoms with Crippen LogP contribution in [0, 0.1) is 6.92 Å². The number of halogens is 1. The molecule has 0 aliphatic rings. The van der Waals surface area contributed by atoms with Gasteiger partial charge in [0.1, 0.15) is 5.75 Å². The molecule has 3 N–H and O–H groups in total. The van der Waals surface area contributed by atoms with Crippen molar-refractivity contribution in [3.8, 4) is 5.75 Å². The molecule has 0 unspecified atom stereocenters. The summed E-state index contributed by atoms with van der Waals surface area (Å²) < 4.78 is 6.36. The van der Waals surface area contributed by atoms with E-state index >= 15 is 0 Å². The minimum atomic E-state index is -0.869. The normalized spacial score (nSPS) is 11.6. The molecule has 0 saturated heterocycles. The van der Waals surface area contributed by atoms with Crippen LogP contribution >= 0.6 is 15.9 Å². The highest BCUT2D eigenvalue weighted by atomic mass is 79.9. The van der Waals surface area contributed by atoms with E-state index in [9.17, 15) is 14.4 Å². The number of aryl methyl sites for hydroxylation is 1. The van der Waals surface area contributed by atoms with Gasteiger partial charge in [0, 0.05) is 21.8 Å². The summed E-state index contributed by atoms with van der Waals surface area (Å²) in [6.45, 7) is 5.46. The lowest BCUT2D eigenvalue weighted by Crippen LogP contribution is -2.41. The van der Waals surface area contributed by atoms with Crippen molar-refractivity contribution in [2.45, 2.75) is 33.2 Å². The number of benzene rings is 2. The molecule has 2 aromatic carbocycles. The molecule has 3 amide bonds. The Labute approximate surface area is 189 Å². The van der Waals surface area contributed by atoms with E-state index in [1.807, 2.05) is 38.1 Å². The highest BCUT2D eigenvalue weighted by molar-refractivity contribution is 9.10. The fourth-order valence-corrected chi connectivity index (χ4v) is 2.71. The van der Waals surface area contributed by atoms with Gasteiger partial charge in [0.15, 0.2) is 6.61 Å². The average molecular weight is 489 g/mol. The molecule has 0 bridgehead atoms. The summed E-state index contributed by atoms with van der Waals surface area (Å²) in [6, 6.07) is 12.4. The smallest absolute Gasteiger partial charge is 0.329 e. The minimum Gasteiger partial charge on any atom is -0.483 e. The first-order chi connectivity index (χ1) is 14.8. The van der Waals surface area contributed by atoms with Crippen LogP contribution in [0.2, 0.25) is 0 Å². The average Bonchev–Trinajstić information content (AvgIpc) is 2.74. The lowest BCUT2D eigenvalue weighted by Gasteiger charge is -2.11. The van der Waals surface area contributed by atoms with Gasteiger partial charge >= 0.3 is 11.8 Å². The van der Waals surface area contributed by atoms with E-state index in [0.29, 0.717) is 23.4 Å². The van der Waals surface area contributed by atoms with Gasteiger partial charge < -0.3 is 15.4 Å². The highest BCUT2D eigenvalue weighted by Crippen LogP contribution is 2.22. The Morgan fingerprint density at radius 2 is 1.84 bits per heavy atom. The van der Waals surface area contributed by atoms with Crippen molar-refractivity contribution in [1.82, 2.24) is 10.7 Å². The summed E-state index contributed by atoms with van der Waals surface area (Å²) >= 11 is 3.36. The summed E-state index contributed by atoms with van der Waals surface area (Å²) in [6.07, 6.45) is 2.05. The predicted molar refractivity (Wildman–Crippen MR) is 123 cm³/mol. The fraction of sp³-hybridized carbons (Fsp3) is 0.273. The zero-order valence-corrected chi connectivity index (χ0v) is 19.2. The molecule has 0 radical (unpaired) electrons. The van der Waals surface area contributed by atoms with Crippen LogP contribution in [0.15, 0.2) is 52.0 Å². The maximum Gasteiger partial charge on any atom is 0.329 e. The number of anilines is 1. The zero-order valence-electron chi connectivity index (χ0n) is 17.6. The second-order valence-corrected chi connectivity index (χ2v) is 7.78. The van der Waals surface area contributed by atoms with Crippen molar-refractivity contribution in [1.29, 1.82) is 0 Å². The third kappa shape index (κ3) is 8.21. The van der Waals surface area contributed by atoms with Gasteiger partial charge in [-0.25, -0.2) is 5.43 Å². The maximum absolute atomic E-state index is 12.2. The maximum atomic E-state index is 12.2. The first kappa shape index (κ1) is 24.1. The second kappa shape index (κ2) is 11.8. The van der Waals surface area contributed by atoms with Crippen molar-refractivity contribution in [3.05, 3.63) is 58.1 Å². The molecular weight excluding hydrogens is 464 g/mol. The van der Waals surface area contributed by atoms with Gasteiger partial charge in [0.05, 0.1) is 6.21 Å². The summed E-state index contributed by atoms with van der Waals surface area (Å²) in [4.78, 5) is 35.7. The number of nitrogens with one attached hydrogen (secondary N) is 3. The summed E-state index contributed by atoms with van der Waals surface area (Å²) in [5.41, 5.74) is 4.46. The van der Waals surface area contributed by atoms with Crippen LogP contribution in [0.3, 0.4) is 0 Å². The Bertz CT molecular complexity index is 960. The van der Waals surface area contributed by atoms with Gasteiger partial charge in [-0.2, -0.15) is 5.10 Å². The number of ether oxygens (including phenoxy) is 1. The summed E-state index contributed by atoms with van der Waals surface area (Å²) in [5.74, 6) is -1.55. The molecule has 0 spiro atoms. The van der Waals surface area contributed by atoms with Crippen molar-refractivity contribution < 1.29 is 19.1 Å². The molecule has 164 valence electrons. The molecule has 8 nitrogen and oxygen atoms in total. The van der Waals surface area contributed by atoms with E-state index in [-0.39, 0.29) is 18.6 Å². The summed E-state index contributed by atoms with van der Waals surface area (Å²) in [7, 11) is 0. The molecule has 0 aliphatic heterocycles. The Morgan fingerprint density at radius 1 is 1.13 bits per heavy atom. The molecule has 0 aliphatic carbocycles. The minimum absolute atomic E-state index is 0.113. The standard InChI is InChI=1S/C22H25BrN4O4/c1-4-15(3)25-21(29)22(30)27-24-12-16-11-17(23)7-10-19(16)31-13-20(28)26-18-8-5-14(2)6-9-18/h5-12,15H,4,13H2,1-3H3,(H,25,29)(H,26,28)(H,27,30)/b24-12-/t15-/m0/s1. The number of rotatable bonds is 8. The molecule has 1 atom stereocenters. The van der Waals surface area contributed by atoms with Crippen LogP contribution in [-0.4, -0.2) is 36.6 Å². The molecule has 2 rings (SSSR count). The Kier molecular flexibility index (Phi) is 9.20. The molecule has 31 heavy (non-hydrogen) atoms. The molecule has 9 heteroatoms. The van der Waals surface area contributed by atoms with Crippen molar-refractivity contribution >= 4 is 45.6 Å². The first-order valence-corrected chi connectivity index (χ1v) is 10.5. The van der Waals surface area contributed by atoms with Gasteiger partial charge in [-0.1, -0.05) is 40.5 Å². The Hall–Kier alpha value is -3.20. The Morgan fingerprint density at radius 3 is 2.52 bits per heavy atom. The van der Waals surface area contributed by atoms with Crippen LogP contribution in [0.1, 0.15) is 31.4 Å². The zero-order chi connectivity index (χ0) is 22.8. The van der Waals surface area contributed by atoms with E-state index in [0.717, 1.165) is 10.0 Å². The molecule has 0 heterocycles. The number of nitrogens with zero attached hydrogens (tertiary/aromatic N) is 1. The van der Waals surface area contributed by atoms with Crippen LogP contribution in [0.4, 0.5) is 5.69 Å². The third-order valence-corrected chi connectivity index (χ3v) is 4.73. The van der Waals surface area contributed by atoms with Crippen molar-refractivity contribution in [2.24, 2.45) is 5.10 Å². The topological polar surface area (TPSA) is 109 Å². The fourth-order valence-electron chi connectivity index (χ4n) is 2.33. The second-order valence-electron chi connectivity index (χ2n) is 6.87. The highest BCUT2D eigenvalue weighted by Gasteiger charge is 2.14. The van der Waals surface area contributed by atoms with Crippen LogP contribution in [0.25, 0.3) is 0 Å². The van der Waals surface area contributed by atoms with Gasteiger partial charge in [-0.05, 0) is 50.6 Å². The number of amides is 3. The van der Waals surface area contributed by atoms with Crippen LogP contribution < -0.4 is 20.8 Å². The van der Waals surface area contributed by atoms with Gasteiger partial charge in [-0.3, -0.25) is 14.4 Å². The molecule has 0 fully saturated rings. The monoisotopic (exact) mass is 488 g/mol. The largest absolute Gasteiger partial charge is 0.483 e. The summed E-state index contributed by atoms with van der Waals surface area (Å²) in [5, 5.41) is 9.12. The van der Waals surface area contributed by atoms with E-state index in [1.165, 1.54) is 6.21 Å². The van der Waals surface area contributed by atoms with Crippen molar-refractivity contribution in [3.63, 3.8) is 0 Å². The molecule has 0 aromatic heterocycles. The quantitative estimate of drug-likeness (QED) is 0.301. The van der Waals surface area contributed by atoms with Crippen LogP contribution in [0.5, 0.6) is 5.75 Å². The van der Waals surface area contributed by atoms with E-state index in [4.69, 9.17) is 4.74 Å². The number of hydrogen-bond donors (Lipinski definition) is 3. The predicted octanol–water partition coefficient (Wildman–Crippen LogP) is 3.14. The first-order valence-electron chi connectivity index (χ1n) is 9.71. The van der Waals surface area contributed by atoms with E-state index < -0.39 is 11.8 Å². The van der Waals surface area contributed by atoms with Crippen molar-refractivity contribution in [2.75, 3.05) is 11.9 Å². The van der Waals surface area contributed by atoms with Gasteiger partial charge in [-0.15, -0.1) is 0 Å². The number of hydrogen-bond acceptors (Lipinski definition) is 5. The van der Waals surface area contributed by atoms with Gasteiger partial charge in [0.2, 0.25) is 0 Å². The van der Waals surface area contributed by atoms with Gasteiger partial charge in [0.25, 0.3) is 5.91 Å². The lowest BCUT2D eigenvalue weighted by molar-refractivity contribution is -0.139. The Balaban J connectivity index is 1.96. The molecular formula is C22H25BrN4O4. The van der Waals surface area contributed by atoms with E-state index in [2.05, 4.69) is 37.1 Å². The van der Waals surface area contributed by atoms with Crippen LogP contribution in [-0.2, 0) is 14.4 Å².